The van der Waals surface area contributed by atoms with Gasteiger partial charge in [0.2, 0.25) is 0 Å². The summed E-state index contributed by atoms with van der Waals surface area (Å²) in [4.78, 5) is 23.2. The Morgan fingerprint density at radius 1 is 1.04 bits per heavy atom. The first-order chi connectivity index (χ1) is 13.5. The molecule has 138 valence electrons. The predicted octanol–water partition coefficient (Wildman–Crippen LogP) is 4.50. The number of nitriles is 1. The summed E-state index contributed by atoms with van der Waals surface area (Å²) in [5.41, 5.74) is 2.39. The van der Waals surface area contributed by atoms with Crippen LogP contribution < -0.4 is 5.32 Å². The zero-order valence-electron chi connectivity index (χ0n) is 15.0. The highest BCUT2D eigenvalue weighted by molar-refractivity contribution is 6.09. The van der Waals surface area contributed by atoms with Crippen molar-refractivity contribution in [2.45, 2.75) is 6.92 Å². The van der Waals surface area contributed by atoms with Crippen molar-refractivity contribution < 1.29 is 19.1 Å². The fourth-order valence-electron chi connectivity index (χ4n) is 2.49. The Morgan fingerprint density at radius 3 is 2.32 bits per heavy atom. The number of benzene rings is 2. The molecule has 28 heavy (non-hydrogen) atoms. The van der Waals surface area contributed by atoms with Gasteiger partial charge in [-0.3, -0.25) is 4.79 Å². The van der Waals surface area contributed by atoms with E-state index in [1.54, 1.807) is 12.1 Å². The zero-order valence-corrected chi connectivity index (χ0v) is 15.0. The summed E-state index contributed by atoms with van der Waals surface area (Å²) in [6.07, 6.45) is 1.36. The summed E-state index contributed by atoms with van der Waals surface area (Å²) in [5, 5.41) is 20.8. The molecular formula is C22H16N2O4. The number of nitrogens with zero attached hydrogens (tertiary/aromatic N) is 1. The maximum atomic E-state index is 12.3. The van der Waals surface area contributed by atoms with Crippen molar-refractivity contribution in [3.05, 3.63) is 83.1 Å². The van der Waals surface area contributed by atoms with Crippen LogP contribution >= 0.6 is 0 Å². The third-order valence-corrected chi connectivity index (χ3v) is 4.00. The first-order valence-electron chi connectivity index (χ1n) is 8.39. The number of carbonyl (C=O) groups is 2. The van der Waals surface area contributed by atoms with Crippen molar-refractivity contribution in [3.63, 3.8) is 0 Å². The number of rotatable bonds is 5. The molecule has 0 spiro atoms. The van der Waals surface area contributed by atoms with Crippen LogP contribution in [-0.4, -0.2) is 17.0 Å². The molecular weight excluding hydrogens is 356 g/mol. The van der Waals surface area contributed by atoms with E-state index < -0.39 is 11.9 Å². The highest BCUT2D eigenvalue weighted by Gasteiger charge is 2.12. The molecule has 3 aromatic rings. The molecule has 0 aliphatic carbocycles. The molecule has 6 nitrogen and oxygen atoms in total. The molecule has 0 aliphatic heterocycles. The highest BCUT2D eigenvalue weighted by Crippen LogP contribution is 2.24. The molecule has 0 radical (unpaired) electrons. The van der Waals surface area contributed by atoms with Gasteiger partial charge in [0, 0.05) is 17.3 Å². The van der Waals surface area contributed by atoms with Crippen LogP contribution in [0.15, 0.2) is 70.7 Å². The van der Waals surface area contributed by atoms with Gasteiger partial charge in [-0.2, -0.15) is 5.26 Å². The van der Waals surface area contributed by atoms with Crippen molar-refractivity contribution >= 4 is 23.6 Å². The number of hydrogen-bond acceptors (Lipinski definition) is 4. The van der Waals surface area contributed by atoms with Gasteiger partial charge in [-0.25, -0.2) is 4.79 Å². The Morgan fingerprint density at radius 2 is 1.71 bits per heavy atom. The van der Waals surface area contributed by atoms with Gasteiger partial charge < -0.3 is 14.8 Å². The summed E-state index contributed by atoms with van der Waals surface area (Å²) in [6.45, 7) is 1.99. The lowest BCUT2D eigenvalue weighted by Crippen LogP contribution is -2.13. The lowest BCUT2D eigenvalue weighted by molar-refractivity contribution is -0.112. The average Bonchev–Trinajstić information content (AvgIpc) is 3.15. The van der Waals surface area contributed by atoms with E-state index in [-0.39, 0.29) is 11.1 Å². The number of carbonyl (C=O) groups excluding carboxylic acids is 1. The summed E-state index contributed by atoms with van der Waals surface area (Å²) >= 11 is 0. The number of aromatic carboxylic acids is 1. The molecule has 0 unspecified atom stereocenters. The molecule has 0 atom stereocenters. The fourth-order valence-corrected chi connectivity index (χ4v) is 2.49. The van der Waals surface area contributed by atoms with E-state index in [4.69, 9.17) is 9.52 Å². The number of hydrogen-bond donors (Lipinski definition) is 2. The van der Waals surface area contributed by atoms with Gasteiger partial charge in [0.05, 0.1) is 5.56 Å². The molecule has 2 aromatic carbocycles. The minimum absolute atomic E-state index is 0.105. The summed E-state index contributed by atoms with van der Waals surface area (Å²) in [5.74, 6) is -0.659. The van der Waals surface area contributed by atoms with Crippen LogP contribution in [-0.2, 0) is 4.79 Å². The topological polar surface area (TPSA) is 103 Å². The molecule has 6 heteroatoms. The molecule has 0 fully saturated rings. The second-order valence-corrected chi connectivity index (χ2v) is 6.07. The van der Waals surface area contributed by atoms with Crippen LogP contribution in [0.25, 0.3) is 17.4 Å². The third-order valence-electron chi connectivity index (χ3n) is 4.00. The predicted molar refractivity (Wildman–Crippen MR) is 105 cm³/mol. The smallest absolute Gasteiger partial charge is 0.335 e. The van der Waals surface area contributed by atoms with Crippen molar-refractivity contribution in [2.24, 2.45) is 0 Å². The van der Waals surface area contributed by atoms with E-state index in [0.717, 1.165) is 11.1 Å². The van der Waals surface area contributed by atoms with Gasteiger partial charge in [-0.15, -0.1) is 0 Å². The largest absolute Gasteiger partial charge is 0.478 e. The normalized spacial score (nSPS) is 10.9. The molecule has 0 bridgehead atoms. The molecule has 1 heterocycles. The standard InChI is InChI=1S/C22H16N2O4/c1-14-2-4-15(5-3-14)20-11-10-19(28-20)12-17(13-23)21(25)24-18-8-6-16(7-9-18)22(26)27/h2-12H,1H3,(H,24,25)(H,26,27)/b17-12-. The van der Waals surface area contributed by atoms with E-state index in [0.29, 0.717) is 17.2 Å². The SMILES string of the molecule is Cc1ccc(-c2ccc(/C=C(/C#N)C(=O)Nc3ccc(C(=O)O)cc3)o2)cc1. The number of carboxylic acids is 1. The molecule has 0 saturated carbocycles. The summed E-state index contributed by atoms with van der Waals surface area (Å²) < 4.78 is 5.71. The van der Waals surface area contributed by atoms with Gasteiger partial charge in [0.25, 0.3) is 5.91 Å². The second kappa shape index (κ2) is 8.06. The molecule has 1 aromatic heterocycles. The lowest BCUT2D eigenvalue weighted by atomic mass is 10.1. The summed E-state index contributed by atoms with van der Waals surface area (Å²) in [7, 11) is 0. The van der Waals surface area contributed by atoms with Crippen molar-refractivity contribution in [1.82, 2.24) is 0 Å². The van der Waals surface area contributed by atoms with Gasteiger partial charge in [0.15, 0.2) is 0 Å². The van der Waals surface area contributed by atoms with Crippen LogP contribution in [0, 0.1) is 18.3 Å². The fraction of sp³-hybridized carbons (Fsp3) is 0.0455. The van der Waals surface area contributed by atoms with E-state index in [1.807, 2.05) is 37.3 Å². The van der Waals surface area contributed by atoms with E-state index in [9.17, 15) is 14.9 Å². The van der Waals surface area contributed by atoms with Gasteiger partial charge in [-0.1, -0.05) is 29.8 Å². The van der Waals surface area contributed by atoms with Crippen LogP contribution in [0.3, 0.4) is 0 Å². The Balaban J connectivity index is 1.76. The maximum Gasteiger partial charge on any atom is 0.335 e. The van der Waals surface area contributed by atoms with Crippen molar-refractivity contribution in [1.29, 1.82) is 5.26 Å². The molecule has 3 rings (SSSR count). The van der Waals surface area contributed by atoms with Crippen LogP contribution in [0.1, 0.15) is 21.7 Å². The number of amides is 1. The Kier molecular flexibility index (Phi) is 5.38. The van der Waals surface area contributed by atoms with E-state index in [2.05, 4.69) is 5.32 Å². The Bertz CT molecular complexity index is 1080. The van der Waals surface area contributed by atoms with E-state index >= 15 is 0 Å². The molecule has 0 saturated heterocycles. The average molecular weight is 372 g/mol. The minimum atomic E-state index is -1.06. The first kappa shape index (κ1) is 18.7. The highest BCUT2D eigenvalue weighted by atomic mass is 16.4. The Hall–Kier alpha value is -4.11. The number of carboxylic acid groups (broad SMARTS) is 1. The lowest BCUT2D eigenvalue weighted by Gasteiger charge is -2.04. The molecule has 1 amide bonds. The number of furan rings is 1. The zero-order chi connectivity index (χ0) is 20.1. The van der Waals surface area contributed by atoms with Crippen LogP contribution in [0.2, 0.25) is 0 Å². The monoisotopic (exact) mass is 372 g/mol. The third kappa shape index (κ3) is 4.34. The maximum absolute atomic E-state index is 12.3. The second-order valence-electron chi connectivity index (χ2n) is 6.07. The molecule has 2 N–H and O–H groups in total. The quantitative estimate of drug-likeness (QED) is 0.507. The first-order valence-corrected chi connectivity index (χ1v) is 8.39. The van der Waals surface area contributed by atoms with Crippen LogP contribution in [0.4, 0.5) is 5.69 Å². The van der Waals surface area contributed by atoms with E-state index in [1.165, 1.54) is 30.3 Å². The Labute approximate surface area is 161 Å². The number of aryl methyl sites for hydroxylation is 1. The van der Waals surface area contributed by atoms with Gasteiger partial charge in [0.1, 0.15) is 23.2 Å². The molecule has 0 aliphatic rings. The number of anilines is 1. The van der Waals surface area contributed by atoms with Gasteiger partial charge in [-0.05, 0) is 43.3 Å². The van der Waals surface area contributed by atoms with Crippen molar-refractivity contribution in [3.8, 4) is 17.4 Å². The van der Waals surface area contributed by atoms with Crippen LogP contribution in [0.5, 0.6) is 0 Å². The van der Waals surface area contributed by atoms with Crippen molar-refractivity contribution in [2.75, 3.05) is 5.32 Å². The number of nitrogens with one attached hydrogen (secondary N) is 1. The summed E-state index contributed by atoms with van der Waals surface area (Å²) in [6, 6.07) is 18.8. The minimum Gasteiger partial charge on any atom is -0.478 e. The van der Waals surface area contributed by atoms with Gasteiger partial charge >= 0.3 is 5.97 Å².